The van der Waals surface area contributed by atoms with Gasteiger partial charge in [-0.2, -0.15) is 0 Å². The molecule has 1 aliphatic rings. The van der Waals surface area contributed by atoms with Crippen LogP contribution in [0.3, 0.4) is 0 Å². The van der Waals surface area contributed by atoms with Gasteiger partial charge in [0.2, 0.25) is 0 Å². The van der Waals surface area contributed by atoms with Crippen LogP contribution in [0, 0.1) is 22.5 Å². The topological polar surface area (TPSA) is 9.23 Å². The van der Waals surface area contributed by atoms with Gasteiger partial charge in [-0.15, -0.1) is 0 Å². The molecule has 0 aliphatic carbocycles. The summed E-state index contributed by atoms with van der Waals surface area (Å²) in [6.07, 6.45) is 2.79. The van der Waals surface area contributed by atoms with Crippen LogP contribution >= 0.6 is 0 Å². The summed E-state index contributed by atoms with van der Waals surface area (Å²) >= 11 is 0. The maximum absolute atomic E-state index is 14.4. The number of hydrogen-bond donors (Lipinski definition) is 0. The molecule has 4 heteroatoms. The molecule has 138 valence electrons. The van der Waals surface area contributed by atoms with Crippen LogP contribution in [0.25, 0.3) is 0 Å². The largest absolute Gasteiger partial charge is 0.491 e. The van der Waals surface area contributed by atoms with Gasteiger partial charge < -0.3 is 4.74 Å². The van der Waals surface area contributed by atoms with E-state index in [1.54, 1.807) is 0 Å². The lowest BCUT2D eigenvalue weighted by atomic mass is 9.42. The van der Waals surface area contributed by atoms with Gasteiger partial charge in [-0.25, -0.2) is 8.78 Å². The molecule has 0 unspecified atom stereocenters. The van der Waals surface area contributed by atoms with Crippen molar-refractivity contribution in [2.75, 3.05) is 7.11 Å². The predicted molar refractivity (Wildman–Crippen MR) is 105 cm³/mol. The van der Waals surface area contributed by atoms with Gasteiger partial charge in [-0.05, 0) is 28.0 Å². The van der Waals surface area contributed by atoms with Crippen molar-refractivity contribution in [3.63, 3.8) is 0 Å². The zero-order valence-electron chi connectivity index (χ0n) is 16.3. The number of methoxy groups -OCH3 is 1. The van der Waals surface area contributed by atoms with Gasteiger partial charge in [-0.1, -0.05) is 76.1 Å². The Morgan fingerprint density at radius 2 is 1.50 bits per heavy atom. The standard InChI is InChI=1S/C22H27BF2O/c1-21(2)13-23(14-22(21,3)4)17-9-6-15(7-10-17)12-16-8-11-18(24)20(26-5)19(16)25/h6-11H,12-14H2,1-5H3. The highest BCUT2D eigenvalue weighted by atomic mass is 19.1. The van der Waals surface area contributed by atoms with Crippen LogP contribution in [-0.2, 0) is 6.42 Å². The minimum atomic E-state index is -0.671. The van der Waals surface area contributed by atoms with E-state index in [4.69, 9.17) is 4.74 Å². The summed E-state index contributed by atoms with van der Waals surface area (Å²) in [5.74, 6) is -1.60. The van der Waals surface area contributed by atoms with Crippen molar-refractivity contribution < 1.29 is 13.5 Å². The van der Waals surface area contributed by atoms with Crippen LogP contribution in [0.15, 0.2) is 36.4 Å². The highest BCUT2D eigenvalue weighted by molar-refractivity contribution is 6.74. The van der Waals surface area contributed by atoms with Gasteiger partial charge in [0.25, 0.3) is 0 Å². The summed E-state index contributed by atoms with van der Waals surface area (Å²) in [5.41, 5.74) is 3.45. The molecule has 1 heterocycles. The minimum Gasteiger partial charge on any atom is -0.491 e. The first kappa shape index (κ1) is 18.9. The van der Waals surface area contributed by atoms with E-state index in [0.29, 0.717) is 29.5 Å². The number of ether oxygens (including phenoxy) is 1. The first-order valence-corrected chi connectivity index (χ1v) is 9.24. The Morgan fingerprint density at radius 1 is 0.923 bits per heavy atom. The van der Waals surface area contributed by atoms with Gasteiger partial charge >= 0.3 is 0 Å². The number of hydrogen-bond acceptors (Lipinski definition) is 1. The second-order valence-electron chi connectivity index (χ2n) is 8.85. The van der Waals surface area contributed by atoms with Crippen molar-refractivity contribution in [2.45, 2.75) is 46.8 Å². The smallest absolute Gasteiger partial charge is 0.190 e. The third-order valence-electron chi connectivity index (χ3n) is 6.52. The summed E-state index contributed by atoms with van der Waals surface area (Å²) < 4.78 is 32.7. The van der Waals surface area contributed by atoms with Crippen LogP contribution in [0.4, 0.5) is 8.78 Å². The van der Waals surface area contributed by atoms with Crippen molar-refractivity contribution >= 4 is 12.2 Å². The van der Waals surface area contributed by atoms with Crippen molar-refractivity contribution in [2.24, 2.45) is 10.8 Å². The zero-order chi connectivity index (χ0) is 19.1. The molecule has 1 nitrogen and oxygen atoms in total. The molecule has 2 aromatic rings. The van der Waals surface area contributed by atoms with Crippen molar-refractivity contribution in [1.82, 2.24) is 0 Å². The fourth-order valence-electron chi connectivity index (χ4n) is 4.12. The molecule has 0 atom stereocenters. The Morgan fingerprint density at radius 3 is 2.04 bits per heavy atom. The third-order valence-corrected chi connectivity index (χ3v) is 6.52. The van der Waals surface area contributed by atoms with Crippen LogP contribution in [0.5, 0.6) is 5.75 Å². The summed E-state index contributed by atoms with van der Waals surface area (Å²) in [5, 5.41) is 0. The lowest BCUT2D eigenvalue weighted by molar-refractivity contribution is 0.177. The van der Waals surface area contributed by atoms with E-state index in [1.165, 1.54) is 37.3 Å². The van der Waals surface area contributed by atoms with Crippen LogP contribution in [0.2, 0.25) is 12.6 Å². The van der Waals surface area contributed by atoms with Crippen LogP contribution in [0.1, 0.15) is 38.8 Å². The molecule has 3 rings (SSSR count). The van der Waals surface area contributed by atoms with Crippen molar-refractivity contribution in [1.29, 1.82) is 0 Å². The minimum absolute atomic E-state index is 0.311. The van der Waals surface area contributed by atoms with Gasteiger partial charge in [-0.3, -0.25) is 0 Å². The summed E-state index contributed by atoms with van der Waals surface area (Å²) in [6, 6.07) is 11.2. The van der Waals surface area contributed by atoms with Gasteiger partial charge in [0, 0.05) is 6.42 Å². The number of halogens is 2. The lowest BCUT2D eigenvalue weighted by Gasteiger charge is -2.35. The van der Waals surface area contributed by atoms with E-state index in [9.17, 15) is 8.78 Å². The quantitative estimate of drug-likeness (QED) is 0.673. The molecule has 0 radical (unpaired) electrons. The normalized spacial score (nSPS) is 18.2. The van der Waals surface area contributed by atoms with E-state index in [1.807, 2.05) is 0 Å². The fourth-order valence-corrected chi connectivity index (χ4v) is 4.12. The Hall–Kier alpha value is -1.84. The molecule has 1 aliphatic heterocycles. The fraction of sp³-hybridized carbons (Fsp3) is 0.455. The molecular weight excluding hydrogens is 329 g/mol. The summed E-state index contributed by atoms with van der Waals surface area (Å²) in [6.45, 7) is 9.98. The molecule has 0 spiro atoms. The summed E-state index contributed by atoms with van der Waals surface area (Å²) in [7, 11) is 1.28. The molecule has 0 bridgehead atoms. The second-order valence-corrected chi connectivity index (χ2v) is 8.85. The van der Waals surface area contributed by atoms with E-state index < -0.39 is 11.6 Å². The van der Waals surface area contributed by atoms with Crippen molar-refractivity contribution in [3.05, 3.63) is 59.2 Å². The molecule has 26 heavy (non-hydrogen) atoms. The van der Waals surface area contributed by atoms with Crippen LogP contribution < -0.4 is 10.2 Å². The Balaban J connectivity index is 1.77. The number of benzene rings is 2. The van der Waals surface area contributed by atoms with E-state index in [2.05, 4.69) is 52.0 Å². The van der Waals surface area contributed by atoms with Crippen LogP contribution in [-0.4, -0.2) is 13.8 Å². The second kappa shape index (κ2) is 6.72. The molecular formula is C22H27BF2O. The van der Waals surface area contributed by atoms with E-state index in [0.717, 1.165) is 5.56 Å². The van der Waals surface area contributed by atoms with E-state index in [-0.39, 0.29) is 5.75 Å². The first-order valence-electron chi connectivity index (χ1n) is 9.24. The lowest BCUT2D eigenvalue weighted by Crippen LogP contribution is -2.27. The SMILES string of the molecule is COc1c(F)ccc(Cc2ccc(B3CC(C)(C)C(C)(C)C3)cc2)c1F. The Bertz CT molecular complexity index is 781. The molecule has 0 saturated carbocycles. The monoisotopic (exact) mass is 356 g/mol. The first-order chi connectivity index (χ1) is 12.1. The Labute approximate surface area is 155 Å². The maximum atomic E-state index is 14.4. The average Bonchev–Trinajstić information content (AvgIpc) is 2.79. The highest BCUT2D eigenvalue weighted by Crippen LogP contribution is 2.52. The molecule has 2 aromatic carbocycles. The molecule has 0 aromatic heterocycles. The summed E-state index contributed by atoms with van der Waals surface area (Å²) in [4.78, 5) is 0. The van der Waals surface area contributed by atoms with Gasteiger partial charge in [0.05, 0.1) is 7.11 Å². The molecule has 1 saturated heterocycles. The molecule has 0 amide bonds. The Kier molecular flexibility index (Phi) is 4.89. The zero-order valence-corrected chi connectivity index (χ0v) is 16.3. The average molecular weight is 356 g/mol. The highest BCUT2D eigenvalue weighted by Gasteiger charge is 2.47. The van der Waals surface area contributed by atoms with E-state index >= 15 is 0 Å². The molecule has 0 N–H and O–H groups in total. The molecule has 1 fully saturated rings. The predicted octanol–water partition coefficient (Wildman–Crippen LogP) is 5.33. The van der Waals surface area contributed by atoms with Crippen molar-refractivity contribution in [3.8, 4) is 5.75 Å². The van der Waals surface area contributed by atoms with Gasteiger partial charge in [0.15, 0.2) is 24.1 Å². The number of rotatable bonds is 4. The maximum Gasteiger partial charge on any atom is 0.190 e. The third kappa shape index (κ3) is 3.38. The van der Waals surface area contributed by atoms with Gasteiger partial charge in [0.1, 0.15) is 0 Å².